The molecular formula is C19H25NO4. The number of allylic oxidation sites excluding steroid dienone is 1. The molecule has 1 aromatic carbocycles. The highest BCUT2D eigenvalue weighted by Gasteiger charge is 2.46. The summed E-state index contributed by atoms with van der Waals surface area (Å²) in [5.74, 6) is 1.52. The zero-order valence-electron chi connectivity index (χ0n) is 14.5. The molecule has 130 valence electrons. The summed E-state index contributed by atoms with van der Waals surface area (Å²) in [4.78, 5) is 14.4. The molecule has 0 spiro atoms. The van der Waals surface area contributed by atoms with Gasteiger partial charge in [0, 0.05) is 29.2 Å². The predicted octanol–water partition coefficient (Wildman–Crippen LogP) is 2.87. The SMILES string of the molecule is COc1ccc(CN2C(=O)CC[C@@]3(C)C2=CCCC3O)c(OC)c1. The summed E-state index contributed by atoms with van der Waals surface area (Å²) in [5.41, 5.74) is 1.54. The van der Waals surface area contributed by atoms with Gasteiger partial charge in [0.05, 0.1) is 26.9 Å². The Labute approximate surface area is 142 Å². The number of aliphatic hydroxyl groups excluding tert-OH is 1. The van der Waals surface area contributed by atoms with E-state index < -0.39 is 6.10 Å². The lowest BCUT2D eigenvalue weighted by molar-refractivity contribution is -0.136. The van der Waals surface area contributed by atoms with Gasteiger partial charge in [-0.2, -0.15) is 0 Å². The van der Waals surface area contributed by atoms with Gasteiger partial charge < -0.3 is 19.5 Å². The van der Waals surface area contributed by atoms with E-state index in [9.17, 15) is 9.90 Å². The van der Waals surface area contributed by atoms with E-state index in [1.165, 1.54) is 0 Å². The number of carbonyl (C=O) groups is 1. The normalized spacial score (nSPS) is 26.7. The minimum Gasteiger partial charge on any atom is -0.497 e. The van der Waals surface area contributed by atoms with Crippen LogP contribution in [-0.4, -0.2) is 36.2 Å². The molecule has 0 radical (unpaired) electrons. The van der Waals surface area contributed by atoms with Crippen molar-refractivity contribution in [3.05, 3.63) is 35.5 Å². The topological polar surface area (TPSA) is 59.0 Å². The highest BCUT2D eigenvalue weighted by Crippen LogP contribution is 2.47. The van der Waals surface area contributed by atoms with Crippen molar-refractivity contribution >= 4 is 5.91 Å². The summed E-state index contributed by atoms with van der Waals surface area (Å²) in [6.07, 6.45) is 4.44. The van der Waals surface area contributed by atoms with Gasteiger partial charge in [0.15, 0.2) is 0 Å². The Morgan fingerprint density at radius 3 is 2.83 bits per heavy atom. The van der Waals surface area contributed by atoms with Crippen LogP contribution in [0.25, 0.3) is 0 Å². The number of piperidine rings is 1. The van der Waals surface area contributed by atoms with E-state index in [2.05, 4.69) is 13.0 Å². The van der Waals surface area contributed by atoms with Gasteiger partial charge in [-0.05, 0) is 31.4 Å². The van der Waals surface area contributed by atoms with Gasteiger partial charge >= 0.3 is 0 Å². The van der Waals surface area contributed by atoms with Crippen LogP contribution in [0.4, 0.5) is 0 Å². The molecule has 1 N–H and O–H groups in total. The Kier molecular flexibility index (Phi) is 4.54. The van der Waals surface area contributed by atoms with Crippen molar-refractivity contribution in [3.63, 3.8) is 0 Å². The number of benzene rings is 1. The minimum atomic E-state index is -0.397. The van der Waals surface area contributed by atoms with Gasteiger partial charge in [-0.1, -0.05) is 13.0 Å². The monoisotopic (exact) mass is 331 g/mol. The number of carbonyl (C=O) groups excluding carboxylic acids is 1. The Hall–Kier alpha value is -2.01. The van der Waals surface area contributed by atoms with Crippen molar-refractivity contribution in [2.24, 2.45) is 5.41 Å². The third kappa shape index (κ3) is 2.77. The molecule has 1 aromatic rings. The van der Waals surface area contributed by atoms with E-state index in [0.717, 1.165) is 29.9 Å². The van der Waals surface area contributed by atoms with Crippen LogP contribution in [0.1, 0.15) is 38.2 Å². The molecule has 0 bridgehead atoms. The number of hydrogen-bond acceptors (Lipinski definition) is 4. The zero-order valence-corrected chi connectivity index (χ0v) is 14.5. The van der Waals surface area contributed by atoms with E-state index >= 15 is 0 Å². The van der Waals surface area contributed by atoms with Crippen LogP contribution in [0.5, 0.6) is 11.5 Å². The second kappa shape index (κ2) is 6.48. The van der Waals surface area contributed by atoms with Crippen molar-refractivity contribution in [2.45, 2.75) is 45.3 Å². The minimum absolute atomic E-state index is 0.102. The first-order chi connectivity index (χ1) is 11.5. The molecule has 1 unspecified atom stereocenters. The fourth-order valence-corrected chi connectivity index (χ4v) is 3.78. The molecule has 1 fully saturated rings. The molecule has 1 heterocycles. The Bertz CT molecular complexity index is 669. The summed E-state index contributed by atoms with van der Waals surface area (Å²) in [6.45, 7) is 2.51. The van der Waals surface area contributed by atoms with Crippen molar-refractivity contribution in [1.82, 2.24) is 4.90 Å². The zero-order chi connectivity index (χ0) is 17.3. The second-order valence-electron chi connectivity index (χ2n) is 6.76. The molecule has 3 rings (SSSR count). The molecule has 0 aromatic heterocycles. The van der Waals surface area contributed by atoms with Crippen LogP contribution in [0, 0.1) is 5.41 Å². The van der Waals surface area contributed by atoms with E-state index in [-0.39, 0.29) is 11.3 Å². The van der Waals surface area contributed by atoms with Crippen LogP contribution >= 0.6 is 0 Å². The molecule has 1 aliphatic carbocycles. The third-order valence-corrected chi connectivity index (χ3v) is 5.37. The lowest BCUT2D eigenvalue weighted by Crippen LogP contribution is -2.49. The van der Waals surface area contributed by atoms with Crippen molar-refractivity contribution in [2.75, 3.05) is 14.2 Å². The van der Waals surface area contributed by atoms with Crippen molar-refractivity contribution < 1.29 is 19.4 Å². The molecule has 0 saturated carbocycles. The number of rotatable bonds is 4. The van der Waals surface area contributed by atoms with Crippen LogP contribution in [-0.2, 0) is 11.3 Å². The number of amides is 1. The number of ether oxygens (including phenoxy) is 2. The van der Waals surface area contributed by atoms with Crippen molar-refractivity contribution in [1.29, 1.82) is 0 Å². The van der Waals surface area contributed by atoms with Crippen LogP contribution in [0.3, 0.4) is 0 Å². The van der Waals surface area contributed by atoms with Crippen LogP contribution < -0.4 is 9.47 Å². The molecule has 5 nitrogen and oxygen atoms in total. The summed E-state index contributed by atoms with van der Waals surface area (Å²) in [5, 5.41) is 10.5. The molecule has 1 aliphatic heterocycles. The fourth-order valence-electron chi connectivity index (χ4n) is 3.78. The predicted molar refractivity (Wildman–Crippen MR) is 90.8 cm³/mol. The summed E-state index contributed by atoms with van der Waals surface area (Å²) in [6, 6.07) is 5.62. The average Bonchev–Trinajstić information content (AvgIpc) is 2.59. The second-order valence-corrected chi connectivity index (χ2v) is 6.76. The van der Waals surface area contributed by atoms with E-state index in [0.29, 0.717) is 25.1 Å². The molecule has 2 atom stereocenters. The number of fused-ring (bicyclic) bond motifs is 1. The molecular weight excluding hydrogens is 306 g/mol. The summed E-state index contributed by atoms with van der Waals surface area (Å²) >= 11 is 0. The third-order valence-electron chi connectivity index (χ3n) is 5.37. The first-order valence-corrected chi connectivity index (χ1v) is 8.39. The average molecular weight is 331 g/mol. The van der Waals surface area contributed by atoms with Crippen LogP contribution in [0.15, 0.2) is 30.0 Å². The highest BCUT2D eigenvalue weighted by atomic mass is 16.5. The van der Waals surface area contributed by atoms with Gasteiger partial charge in [-0.25, -0.2) is 0 Å². The summed E-state index contributed by atoms with van der Waals surface area (Å²) in [7, 11) is 3.23. The van der Waals surface area contributed by atoms with Gasteiger partial charge in [0.1, 0.15) is 11.5 Å². The van der Waals surface area contributed by atoms with Crippen LogP contribution in [0.2, 0.25) is 0 Å². The van der Waals surface area contributed by atoms with E-state index in [4.69, 9.17) is 9.47 Å². The number of nitrogens with zero attached hydrogens (tertiary/aromatic N) is 1. The van der Waals surface area contributed by atoms with Gasteiger partial charge in [0.25, 0.3) is 0 Å². The van der Waals surface area contributed by atoms with Gasteiger partial charge in [-0.15, -0.1) is 0 Å². The first kappa shape index (κ1) is 16.8. The van der Waals surface area contributed by atoms with Gasteiger partial charge in [0.2, 0.25) is 5.91 Å². The Morgan fingerprint density at radius 2 is 2.12 bits per heavy atom. The standard InChI is InChI=1S/C19H25NO4/c1-19-10-9-18(22)20(16(19)5-4-6-17(19)21)12-13-7-8-14(23-2)11-15(13)24-3/h5,7-8,11,17,21H,4,6,9-10,12H2,1-3H3/t17?,19-/m0/s1. The van der Waals surface area contributed by atoms with Crippen molar-refractivity contribution in [3.8, 4) is 11.5 Å². The first-order valence-electron chi connectivity index (χ1n) is 8.39. The molecule has 1 amide bonds. The molecule has 24 heavy (non-hydrogen) atoms. The number of hydrogen-bond donors (Lipinski definition) is 1. The lowest BCUT2D eigenvalue weighted by Gasteiger charge is -2.47. The highest BCUT2D eigenvalue weighted by molar-refractivity contribution is 5.80. The number of methoxy groups -OCH3 is 2. The smallest absolute Gasteiger partial charge is 0.227 e. The number of likely N-dealkylation sites (tertiary alicyclic amines) is 1. The Balaban J connectivity index is 1.93. The lowest BCUT2D eigenvalue weighted by atomic mass is 9.69. The van der Waals surface area contributed by atoms with E-state index in [1.54, 1.807) is 14.2 Å². The molecule has 2 aliphatic rings. The molecule has 1 saturated heterocycles. The maximum atomic E-state index is 12.6. The maximum absolute atomic E-state index is 12.6. The summed E-state index contributed by atoms with van der Waals surface area (Å²) < 4.78 is 10.7. The maximum Gasteiger partial charge on any atom is 0.227 e. The largest absolute Gasteiger partial charge is 0.497 e. The van der Waals surface area contributed by atoms with Gasteiger partial charge in [-0.3, -0.25) is 4.79 Å². The quantitative estimate of drug-likeness (QED) is 0.922. The Morgan fingerprint density at radius 1 is 1.33 bits per heavy atom. The fraction of sp³-hybridized carbons (Fsp3) is 0.526. The van der Waals surface area contributed by atoms with E-state index in [1.807, 2.05) is 23.1 Å². The molecule has 5 heteroatoms. The number of aliphatic hydroxyl groups is 1.